The molecule has 0 aromatic heterocycles. The highest BCUT2D eigenvalue weighted by atomic mass is 15.3. The minimum Gasteiger partial charge on any atom is -0.349 e. The predicted molar refractivity (Wildman–Crippen MR) is 62.8 cm³/mol. The van der Waals surface area contributed by atoms with Crippen molar-refractivity contribution in [3.63, 3.8) is 0 Å². The van der Waals surface area contributed by atoms with Gasteiger partial charge < -0.3 is 14.7 Å². The van der Waals surface area contributed by atoms with Gasteiger partial charge in [-0.05, 0) is 13.6 Å². The van der Waals surface area contributed by atoms with Crippen molar-refractivity contribution in [3.8, 4) is 0 Å². The molecule has 0 aromatic carbocycles. The van der Waals surface area contributed by atoms with Gasteiger partial charge >= 0.3 is 0 Å². The van der Waals surface area contributed by atoms with Crippen LogP contribution >= 0.6 is 0 Å². The Kier molecular flexibility index (Phi) is 6.28. The van der Waals surface area contributed by atoms with Gasteiger partial charge in [-0.25, -0.2) is 0 Å². The Balaban J connectivity index is 4.04. The first-order chi connectivity index (χ1) is 6.49. The smallest absolute Gasteiger partial charge is 0.195 e. The van der Waals surface area contributed by atoms with Crippen molar-refractivity contribution in [2.75, 3.05) is 54.9 Å². The quantitative estimate of drug-likeness (QED) is 0.485. The summed E-state index contributed by atoms with van der Waals surface area (Å²) in [5, 5.41) is 0. The molecule has 0 unspecified atom stereocenters. The van der Waals surface area contributed by atoms with E-state index in [0.29, 0.717) is 0 Å². The molecule has 0 N–H and O–H groups in total. The van der Waals surface area contributed by atoms with Crippen molar-refractivity contribution in [3.05, 3.63) is 0 Å². The molecule has 0 saturated heterocycles. The first-order valence-electron chi connectivity index (χ1n) is 5.06. The molecule has 0 aliphatic rings. The summed E-state index contributed by atoms with van der Waals surface area (Å²) in [6.07, 6.45) is 0. The van der Waals surface area contributed by atoms with Crippen LogP contribution < -0.4 is 0 Å². The van der Waals surface area contributed by atoms with Gasteiger partial charge in [0.25, 0.3) is 0 Å². The van der Waals surface area contributed by atoms with Crippen molar-refractivity contribution in [1.29, 1.82) is 0 Å². The molecule has 0 aliphatic carbocycles. The zero-order valence-corrected chi connectivity index (χ0v) is 10.4. The summed E-state index contributed by atoms with van der Waals surface area (Å²) < 4.78 is 0. The van der Waals surface area contributed by atoms with E-state index < -0.39 is 0 Å². The monoisotopic (exact) mass is 200 g/mol. The topological polar surface area (TPSA) is 22.1 Å². The van der Waals surface area contributed by atoms with Crippen LogP contribution in [0.15, 0.2) is 4.99 Å². The normalized spacial score (nSPS) is 10.2. The van der Waals surface area contributed by atoms with Crippen molar-refractivity contribution < 1.29 is 0 Å². The van der Waals surface area contributed by atoms with Gasteiger partial charge in [0.2, 0.25) is 0 Å². The van der Waals surface area contributed by atoms with Crippen molar-refractivity contribution in [2.24, 2.45) is 4.99 Å². The zero-order chi connectivity index (χ0) is 11.1. The van der Waals surface area contributed by atoms with Crippen LogP contribution in [0.1, 0.15) is 6.92 Å². The highest BCUT2D eigenvalue weighted by Crippen LogP contribution is 1.90. The third-order valence-electron chi connectivity index (χ3n) is 2.07. The fourth-order valence-electron chi connectivity index (χ4n) is 1.16. The number of rotatable bonds is 4. The molecule has 0 heterocycles. The fourth-order valence-corrected chi connectivity index (χ4v) is 1.16. The van der Waals surface area contributed by atoms with E-state index in [-0.39, 0.29) is 0 Å². The molecule has 0 atom stereocenters. The molecule has 0 amide bonds. The summed E-state index contributed by atoms with van der Waals surface area (Å²) >= 11 is 0. The lowest BCUT2D eigenvalue weighted by Gasteiger charge is -2.23. The molecule has 4 heteroatoms. The van der Waals surface area contributed by atoms with Gasteiger partial charge in [-0.2, -0.15) is 0 Å². The van der Waals surface area contributed by atoms with E-state index in [1.165, 1.54) is 0 Å². The molecule has 4 nitrogen and oxygen atoms in total. The molecule has 0 fully saturated rings. The average Bonchev–Trinajstić information content (AvgIpc) is 2.10. The Labute approximate surface area is 88.2 Å². The van der Waals surface area contributed by atoms with Crippen LogP contribution in [0.2, 0.25) is 0 Å². The van der Waals surface area contributed by atoms with Crippen LogP contribution in [0, 0.1) is 0 Å². The summed E-state index contributed by atoms with van der Waals surface area (Å²) in [6, 6.07) is 0. The van der Waals surface area contributed by atoms with Gasteiger partial charge in [-0.3, -0.25) is 4.99 Å². The molecule has 0 bridgehead atoms. The summed E-state index contributed by atoms with van der Waals surface area (Å²) in [6.45, 7) is 5.11. The molecular weight excluding hydrogens is 176 g/mol. The van der Waals surface area contributed by atoms with E-state index in [9.17, 15) is 0 Å². The van der Waals surface area contributed by atoms with Crippen LogP contribution in [-0.4, -0.2) is 75.5 Å². The van der Waals surface area contributed by atoms with Gasteiger partial charge in [0, 0.05) is 34.7 Å². The molecule has 0 spiro atoms. The molecule has 84 valence electrons. The van der Waals surface area contributed by atoms with Crippen LogP contribution in [0.5, 0.6) is 0 Å². The average molecular weight is 200 g/mol. The van der Waals surface area contributed by atoms with Gasteiger partial charge in [-0.1, -0.05) is 6.92 Å². The maximum Gasteiger partial charge on any atom is 0.195 e. The molecule has 0 radical (unpaired) electrons. The number of aliphatic imine (C=N–C) groups is 1. The van der Waals surface area contributed by atoms with Crippen molar-refractivity contribution >= 4 is 5.96 Å². The maximum atomic E-state index is 4.54. The largest absolute Gasteiger partial charge is 0.349 e. The van der Waals surface area contributed by atoms with E-state index >= 15 is 0 Å². The minimum absolute atomic E-state index is 0.857. The van der Waals surface area contributed by atoms with E-state index in [1.54, 1.807) is 0 Å². The zero-order valence-electron chi connectivity index (χ0n) is 10.4. The minimum atomic E-state index is 0.857. The lowest BCUT2D eigenvalue weighted by molar-refractivity contribution is 0.361. The number of likely N-dealkylation sites (N-methyl/N-ethyl adjacent to an activating group) is 1. The third-order valence-corrected chi connectivity index (χ3v) is 2.07. The lowest BCUT2D eigenvalue weighted by atomic mass is 10.5. The molecule has 0 aliphatic heterocycles. The van der Waals surface area contributed by atoms with Crippen LogP contribution in [0.25, 0.3) is 0 Å². The van der Waals surface area contributed by atoms with Crippen molar-refractivity contribution in [1.82, 2.24) is 14.7 Å². The molecule has 0 saturated carbocycles. The van der Waals surface area contributed by atoms with Crippen LogP contribution in [-0.2, 0) is 0 Å². The molecule has 0 rings (SSSR count). The standard InChI is InChI=1S/C10H24N4/c1-7-14(6)9-8-11-10(12(2)3)13(4)5/h7-9H2,1-6H3. The number of hydrogen-bond acceptors (Lipinski definition) is 2. The second-order valence-corrected chi connectivity index (χ2v) is 3.87. The Morgan fingerprint density at radius 1 is 1.00 bits per heavy atom. The SMILES string of the molecule is CCN(C)CCN=C(N(C)C)N(C)C. The highest BCUT2D eigenvalue weighted by molar-refractivity contribution is 5.79. The third kappa shape index (κ3) is 5.07. The van der Waals surface area contributed by atoms with Crippen molar-refractivity contribution in [2.45, 2.75) is 6.92 Å². The number of nitrogens with zero attached hydrogens (tertiary/aromatic N) is 4. The molecule has 0 aromatic rings. The van der Waals surface area contributed by atoms with E-state index in [4.69, 9.17) is 0 Å². The first kappa shape index (κ1) is 13.2. The van der Waals surface area contributed by atoms with Gasteiger partial charge in [0.05, 0.1) is 6.54 Å². The van der Waals surface area contributed by atoms with Gasteiger partial charge in [0.15, 0.2) is 5.96 Å². The second-order valence-electron chi connectivity index (χ2n) is 3.87. The fraction of sp³-hybridized carbons (Fsp3) is 0.900. The summed E-state index contributed by atoms with van der Waals surface area (Å²) in [7, 11) is 10.2. The summed E-state index contributed by atoms with van der Waals surface area (Å²) in [5.41, 5.74) is 0. The first-order valence-corrected chi connectivity index (χ1v) is 5.06. The van der Waals surface area contributed by atoms with E-state index in [2.05, 4.69) is 23.9 Å². The summed E-state index contributed by atoms with van der Waals surface area (Å²) in [4.78, 5) is 10.9. The Morgan fingerprint density at radius 2 is 1.50 bits per heavy atom. The second kappa shape index (κ2) is 6.65. The molecular formula is C10H24N4. The van der Waals surface area contributed by atoms with E-state index in [0.717, 1.165) is 25.6 Å². The summed E-state index contributed by atoms with van der Waals surface area (Å²) in [5.74, 6) is 1.02. The highest BCUT2D eigenvalue weighted by Gasteiger charge is 2.03. The Morgan fingerprint density at radius 3 is 1.86 bits per heavy atom. The van der Waals surface area contributed by atoms with Crippen LogP contribution in [0.4, 0.5) is 0 Å². The Bertz CT molecular complexity index is 165. The Hall–Kier alpha value is -0.770. The predicted octanol–water partition coefficient (Wildman–Crippen LogP) is 0.417. The lowest BCUT2D eigenvalue weighted by Crippen LogP contribution is -2.36. The maximum absolute atomic E-state index is 4.54. The van der Waals surface area contributed by atoms with Gasteiger partial charge in [-0.15, -0.1) is 0 Å². The molecule has 14 heavy (non-hydrogen) atoms. The number of hydrogen-bond donors (Lipinski definition) is 0. The number of guanidine groups is 1. The van der Waals surface area contributed by atoms with Crippen LogP contribution in [0.3, 0.4) is 0 Å². The van der Waals surface area contributed by atoms with E-state index in [1.807, 2.05) is 38.0 Å². The van der Waals surface area contributed by atoms with Gasteiger partial charge in [0.1, 0.15) is 0 Å².